The normalized spacial score (nSPS) is 12.2. The first-order valence-corrected chi connectivity index (χ1v) is 7.38. The van der Waals surface area contributed by atoms with E-state index in [1.807, 2.05) is 26.0 Å². The summed E-state index contributed by atoms with van der Waals surface area (Å²) in [6.45, 7) is 3.94. The quantitative estimate of drug-likeness (QED) is 0.805. The van der Waals surface area contributed by atoms with Gasteiger partial charge in [0.2, 0.25) is 0 Å². The maximum absolute atomic E-state index is 13.7. The molecule has 0 N–H and O–H groups in total. The van der Waals surface area contributed by atoms with E-state index in [9.17, 15) is 9.18 Å². The Kier molecular flexibility index (Phi) is 4.45. The second-order valence-electron chi connectivity index (χ2n) is 4.66. The summed E-state index contributed by atoms with van der Waals surface area (Å²) in [6, 6.07) is 7.89. The maximum Gasteiger partial charge on any atom is 0.257 e. The van der Waals surface area contributed by atoms with Gasteiger partial charge in [0, 0.05) is 21.8 Å². The third-order valence-electron chi connectivity index (χ3n) is 3.23. The first-order chi connectivity index (χ1) is 9.40. The van der Waals surface area contributed by atoms with Crippen molar-refractivity contribution >= 4 is 28.8 Å². The van der Waals surface area contributed by atoms with Crippen LogP contribution in [0.25, 0.3) is 0 Å². The van der Waals surface area contributed by atoms with Crippen molar-refractivity contribution in [1.29, 1.82) is 0 Å². The van der Waals surface area contributed by atoms with Gasteiger partial charge in [-0.1, -0.05) is 11.6 Å². The molecule has 20 heavy (non-hydrogen) atoms. The van der Waals surface area contributed by atoms with Crippen molar-refractivity contribution in [3.63, 3.8) is 0 Å². The van der Waals surface area contributed by atoms with E-state index < -0.39 is 5.82 Å². The van der Waals surface area contributed by atoms with Crippen LogP contribution in [0.4, 0.5) is 4.39 Å². The van der Waals surface area contributed by atoms with Gasteiger partial charge in [-0.25, -0.2) is 4.39 Å². The molecule has 1 unspecified atom stereocenters. The molecule has 0 spiro atoms. The molecule has 0 saturated heterocycles. The molecule has 1 aromatic heterocycles. The average Bonchev–Trinajstić information content (AvgIpc) is 2.85. The monoisotopic (exact) mass is 311 g/mol. The molecule has 0 bridgehead atoms. The highest BCUT2D eigenvalue weighted by atomic mass is 35.5. The summed E-state index contributed by atoms with van der Waals surface area (Å²) in [6.07, 6.45) is 0. The lowest BCUT2D eigenvalue weighted by atomic mass is 10.1. The first kappa shape index (κ1) is 15.0. The summed E-state index contributed by atoms with van der Waals surface area (Å²) in [5, 5.41) is 0.350. The summed E-state index contributed by atoms with van der Waals surface area (Å²) in [5.74, 6) is -0.927. The van der Waals surface area contributed by atoms with Crippen LogP contribution in [-0.2, 0) is 0 Å². The van der Waals surface area contributed by atoms with Gasteiger partial charge in [-0.2, -0.15) is 0 Å². The fraction of sp³-hybridized carbons (Fsp3) is 0.267. The Morgan fingerprint density at radius 1 is 1.35 bits per heavy atom. The summed E-state index contributed by atoms with van der Waals surface area (Å²) >= 11 is 7.46. The van der Waals surface area contributed by atoms with E-state index >= 15 is 0 Å². The molecule has 0 aliphatic heterocycles. The van der Waals surface area contributed by atoms with E-state index in [1.165, 1.54) is 28.0 Å². The molecule has 1 heterocycles. The molecule has 0 aliphatic carbocycles. The van der Waals surface area contributed by atoms with Gasteiger partial charge in [0.25, 0.3) is 5.91 Å². The molecule has 5 heteroatoms. The Hall–Kier alpha value is -1.39. The second-order valence-corrected chi connectivity index (χ2v) is 6.42. The Morgan fingerprint density at radius 3 is 2.65 bits per heavy atom. The molecule has 2 rings (SSSR count). The fourth-order valence-corrected chi connectivity index (χ4v) is 3.04. The van der Waals surface area contributed by atoms with Crippen LogP contribution >= 0.6 is 22.9 Å². The highest BCUT2D eigenvalue weighted by Gasteiger charge is 2.22. The zero-order valence-corrected chi connectivity index (χ0v) is 13.1. The fourth-order valence-electron chi connectivity index (χ4n) is 1.90. The molecule has 1 amide bonds. The number of benzene rings is 1. The highest BCUT2D eigenvalue weighted by Crippen LogP contribution is 2.28. The van der Waals surface area contributed by atoms with Crippen molar-refractivity contribution in [2.24, 2.45) is 0 Å². The molecule has 2 nitrogen and oxygen atoms in total. The van der Waals surface area contributed by atoms with Gasteiger partial charge in [0.1, 0.15) is 5.82 Å². The van der Waals surface area contributed by atoms with Crippen LogP contribution in [0.3, 0.4) is 0 Å². The number of amides is 1. The third kappa shape index (κ3) is 3.02. The van der Waals surface area contributed by atoms with Crippen molar-refractivity contribution in [2.75, 3.05) is 7.05 Å². The predicted molar refractivity (Wildman–Crippen MR) is 81.0 cm³/mol. The Morgan fingerprint density at radius 2 is 2.05 bits per heavy atom. The second kappa shape index (κ2) is 5.94. The van der Waals surface area contributed by atoms with E-state index in [0.717, 1.165) is 4.88 Å². The van der Waals surface area contributed by atoms with Gasteiger partial charge in [0.05, 0.1) is 11.6 Å². The molecule has 0 saturated carbocycles. The van der Waals surface area contributed by atoms with Crippen molar-refractivity contribution in [3.05, 3.63) is 56.5 Å². The summed E-state index contributed by atoms with van der Waals surface area (Å²) in [4.78, 5) is 16.2. The summed E-state index contributed by atoms with van der Waals surface area (Å²) in [5.41, 5.74) is 0.000119. The zero-order chi connectivity index (χ0) is 14.9. The Balaban J connectivity index is 2.26. The zero-order valence-electron chi connectivity index (χ0n) is 11.5. The minimum atomic E-state index is -0.555. The molecule has 0 radical (unpaired) electrons. The number of carbonyl (C=O) groups excluding carboxylic acids is 1. The number of thiophene rings is 1. The Labute approximate surface area is 126 Å². The van der Waals surface area contributed by atoms with Crippen molar-refractivity contribution in [2.45, 2.75) is 19.9 Å². The molecule has 0 aliphatic rings. The lowest BCUT2D eigenvalue weighted by Gasteiger charge is -2.24. The lowest BCUT2D eigenvalue weighted by Crippen LogP contribution is -2.29. The molecular weight excluding hydrogens is 297 g/mol. The average molecular weight is 312 g/mol. The van der Waals surface area contributed by atoms with Gasteiger partial charge in [0.15, 0.2) is 0 Å². The number of carbonyl (C=O) groups is 1. The summed E-state index contributed by atoms with van der Waals surface area (Å²) < 4.78 is 13.7. The topological polar surface area (TPSA) is 20.3 Å². The number of nitrogens with zero attached hydrogens (tertiary/aromatic N) is 1. The maximum atomic E-state index is 13.7. The number of rotatable bonds is 3. The van der Waals surface area contributed by atoms with Crippen LogP contribution < -0.4 is 0 Å². The molecule has 1 atom stereocenters. The SMILES string of the molecule is Cc1ccc(C(C)N(C)C(=O)c2cc(Cl)ccc2F)s1. The molecule has 0 fully saturated rings. The van der Waals surface area contributed by atoms with E-state index in [0.29, 0.717) is 5.02 Å². The van der Waals surface area contributed by atoms with Crippen LogP contribution in [0.2, 0.25) is 5.02 Å². The molecule has 1 aromatic carbocycles. The van der Waals surface area contributed by atoms with E-state index in [-0.39, 0.29) is 17.5 Å². The van der Waals surface area contributed by atoms with Gasteiger partial charge >= 0.3 is 0 Å². The third-order valence-corrected chi connectivity index (χ3v) is 4.64. The van der Waals surface area contributed by atoms with Crippen molar-refractivity contribution in [1.82, 2.24) is 4.90 Å². The highest BCUT2D eigenvalue weighted by molar-refractivity contribution is 7.12. The van der Waals surface area contributed by atoms with Gasteiger partial charge in [-0.05, 0) is 44.2 Å². The van der Waals surface area contributed by atoms with Crippen LogP contribution in [0.5, 0.6) is 0 Å². The minimum absolute atomic E-state index is 0.000119. The van der Waals surface area contributed by atoms with E-state index in [2.05, 4.69) is 0 Å². The van der Waals surface area contributed by atoms with Crippen molar-refractivity contribution < 1.29 is 9.18 Å². The van der Waals surface area contributed by atoms with Gasteiger partial charge in [-0.15, -0.1) is 11.3 Å². The number of hydrogen-bond donors (Lipinski definition) is 0. The number of hydrogen-bond acceptors (Lipinski definition) is 2. The minimum Gasteiger partial charge on any atom is -0.334 e. The van der Waals surface area contributed by atoms with Gasteiger partial charge in [-0.3, -0.25) is 4.79 Å². The Bertz CT molecular complexity index is 641. The predicted octanol–water partition coefficient (Wildman–Crippen LogP) is 4.68. The standard InChI is InChI=1S/C15H15ClFNOS/c1-9-4-7-14(20-9)10(2)18(3)15(19)12-8-11(16)5-6-13(12)17/h4-8,10H,1-3H3. The first-order valence-electron chi connectivity index (χ1n) is 6.18. The largest absolute Gasteiger partial charge is 0.334 e. The summed E-state index contributed by atoms with van der Waals surface area (Å²) in [7, 11) is 1.67. The van der Waals surface area contributed by atoms with Crippen molar-refractivity contribution in [3.8, 4) is 0 Å². The number of aryl methyl sites for hydroxylation is 1. The van der Waals surface area contributed by atoms with E-state index in [1.54, 1.807) is 18.4 Å². The van der Waals surface area contributed by atoms with Crippen LogP contribution in [-0.4, -0.2) is 17.9 Å². The van der Waals surface area contributed by atoms with Crippen LogP contribution in [0, 0.1) is 12.7 Å². The molecule has 106 valence electrons. The lowest BCUT2D eigenvalue weighted by molar-refractivity contribution is 0.0740. The molecular formula is C15H15ClFNOS. The van der Waals surface area contributed by atoms with E-state index in [4.69, 9.17) is 11.6 Å². The van der Waals surface area contributed by atoms with Crippen LogP contribution in [0.15, 0.2) is 30.3 Å². The smallest absolute Gasteiger partial charge is 0.257 e. The van der Waals surface area contributed by atoms with Crippen LogP contribution in [0.1, 0.15) is 33.1 Å². The van der Waals surface area contributed by atoms with Gasteiger partial charge < -0.3 is 4.90 Å². The molecule has 2 aromatic rings. The number of halogens is 2.